The molecule has 0 aromatic rings. The molecular weight excluding hydrogens is 725 g/mol. The summed E-state index contributed by atoms with van der Waals surface area (Å²) in [6.45, 7) is 3.97. The van der Waals surface area contributed by atoms with Crippen LogP contribution in [0.5, 0.6) is 0 Å². The second-order valence-corrected chi connectivity index (χ2v) is 16.4. The molecule has 0 amide bonds. The van der Waals surface area contributed by atoms with Crippen molar-refractivity contribution in [3.8, 4) is 0 Å². The Hall–Kier alpha value is -2.81. The molecule has 0 saturated carbocycles. The van der Waals surface area contributed by atoms with E-state index < -0.39 is 32.5 Å². The number of quaternary nitrogens is 1. The number of nitrogens with zero attached hydrogens (tertiary/aromatic N) is 1. The van der Waals surface area contributed by atoms with Crippen molar-refractivity contribution < 1.29 is 42.1 Å². The molecule has 2 atom stereocenters. The van der Waals surface area contributed by atoms with Crippen LogP contribution in [-0.2, 0) is 32.7 Å². The van der Waals surface area contributed by atoms with Crippen LogP contribution in [0, 0.1) is 0 Å². The molecule has 0 aliphatic carbocycles. The molecule has 0 saturated heterocycles. The molecule has 56 heavy (non-hydrogen) atoms. The number of likely N-dealkylation sites (N-methyl/N-ethyl adjacent to an activating group) is 1. The Bertz CT molecular complexity index is 1230. The van der Waals surface area contributed by atoms with E-state index in [1.54, 1.807) is 0 Å². The maximum absolute atomic E-state index is 12.6. The van der Waals surface area contributed by atoms with Gasteiger partial charge in [0.25, 0.3) is 7.82 Å². The molecular formula is C46H78NO8P. The van der Waals surface area contributed by atoms with E-state index in [0.717, 1.165) is 70.6 Å². The molecule has 9 nitrogen and oxygen atoms in total. The lowest BCUT2D eigenvalue weighted by atomic mass is 10.1. The van der Waals surface area contributed by atoms with E-state index in [0.29, 0.717) is 30.3 Å². The average molecular weight is 804 g/mol. The molecule has 1 unspecified atom stereocenters. The largest absolute Gasteiger partial charge is 0.756 e. The van der Waals surface area contributed by atoms with Crippen molar-refractivity contribution in [3.63, 3.8) is 0 Å². The summed E-state index contributed by atoms with van der Waals surface area (Å²) >= 11 is 0. The molecule has 0 N–H and O–H groups in total. The van der Waals surface area contributed by atoms with Crippen LogP contribution in [-0.4, -0.2) is 70.0 Å². The van der Waals surface area contributed by atoms with Gasteiger partial charge >= 0.3 is 11.9 Å². The van der Waals surface area contributed by atoms with Crippen LogP contribution in [0.3, 0.4) is 0 Å². The van der Waals surface area contributed by atoms with Crippen LogP contribution in [0.25, 0.3) is 0 Å². The van der Waals surface area contributed by atoms with Crippen LogP contribution in [0.1, 0.15) is 142 Å². The molecule has 0 aliphatic heterocycles. The van der Waals surface area contributed by atoms with Crippen LogP contribution in [0.15, 0.2) is 85.1 Å². The van der Waals surface area contributed by atoms with E-state index in [-0.39, 0.29) is 26.1 Å². The second-order valence-electron chi connectivity index (χ2n) is 15.0. The van der Waals surface area contributed by atoms with Gasteiger partial charge in [0.15, 0.2) is 6.10 Å². The Balaban J connectivity index is 4.53. The lowest BCUT2D eigenvalue weighted by Crippen LogP contribution is -2.37. The normalized spacial score (nSPS) is 14.5. The first-order valence-electron chi connectivity index (χ1n) is 21.3. The van der Waals surface area contributed by atoms with Gasteiger partial charge in [-0.2, -0.15) is 0 Å². The molecule has 0 aromatic carbocycles. The van der Waals surface area contributed by atoms with E-state index in [1.165, 1.54) is 25.7 Å². The number of carbonyl (C=O) groups is 2. The van der Waals surface area contributed by atoms with Crippen molar-refractivity contribution in [1.29, 1.82) is 0 Å². The summed E-state index contributed by atoms with van der Waals surface area (Å²) < 4.78 is 33.8. The lowest BCUT2D eigenvalue weighted by molar-refractivity contribution is -0.870. The van der Waals surface area contributed by atoms with Crippen molar-refractivity contribution in [3.05, 3.63) is 85.1 Å². The predicted octanol–water partition coefficient (Wildman–Crippen LogP) is 11.4. The van der Waals surface area contributed by atoms with Crippen molar-refractivity contribution in [2.45, 2.75) is 148 Å². The number of esters is 2. The van der Waals surface area contributed by atoms with Crippen LogP contribution >= 0.6 is 7.82 Å². The van der Waals surface area contributed by atoms with Gasteiger partial charge in [-0.15, -0.1) is 0 Å². The van der Waals surface area contributed by atoms with E-state index in [4.69, 9.17) is 18.5 Å². The van der Waals surface area contributed by atoms with Gasteiger partial charge in [0, 0.05) is 12.8 Å². The number of hydrogen-bond donors (Lipinski definition) is 0. The highest BCUT2D eigenvalue weighted by Gasteiger charge is 2.21. The smallest absolute Gasteiger partial charge is 0.306 e. The summed E-state index contributed by atoms with van der Waals surface area (Å²) in [6.07, 6.45) is 47.6. The topological polar surface area (TPSA) is 111 Å². The Kier molecular flexibility index (Phi) is 35.9. The Morgan fingerprint density at radius 3 is 1.57 bits per heavy atom. The van der Waals surface area contributed by atoms with E-state index in [2.05, 4.69) is 92.8 Å². The predicted molar refractivity (Wildman–Crippen MR) is 231 cm³/mol. The van der Waals surface area contributed by atoms with Gasteiger partial charge in [-0.05, 0) is 83.5 Å². The molecule has 0 fully saturated rings. The molecule has 0 spiro atoms. The van der Waals surface area contributed by atoms with Gasteiger partial charge < -0.3 is 27.9 Å². The van der Waals surface area contributed by atoms with Gasteiger partial charge in [-0.3, -0.25) is 14.2 Å². The van der Waals surface area contributed by atoms with Crippen molar-refractivity contribution >= 4 is 19.8 Å². The number of allylic oxidation sites excluding steroid dienone is 14. The first kappa shape index (κ1) is 53.2. The zero-order valence-electron chi connectivity index (χ0n) is 35.8. The minimum absolute atomic E-state index is 0.0487. The first-order valence-corrected chi connectivity index (χ1v) is 22.8. The minimum Gasteiger partial charge on any atom is -0.756 e. The summed E-state index contributed by atoms with van der Waals surface area (Å²) in [7, 11) is 1.10. The standard InChI is InChI=1S/C46H78NO8P/c1-6-8-10-12-14-16-18-20-22-23-25-27-29-31-33-35-37-39-46(49)55-44(43-54-56(50,51)53-41-40-47(3,4)5)42-52-45(48)38-36-34-32-30-28-26-24-21-19-17-15-13-11-9-7-2/h9,11,14-17,20-22,24-25,27,31,33,44H,6-8,10,12-13,18-19,23,26,28-30,32,34-43H2,1-5H3/b11-9-,16-14-,17-15-,22-20-,24-21-,27-25-,33-31-/t44-/m1/s1. The second kappa shape index (κ2) is 37.7. The highest BCUT2D eigenvalue weighted by atomic mass is 31.2. The average Bonchev–Trinajstić information content (AvgIpc) is 3.15. The molecule has 0 aliphatic rings. The number of carbonyl (C=O) groups excluding carboxylic acids is 2. The zero-order chi connectivity index (χ0) is 41.4. The molecule has 0 bridgehead atoms. The van der Waals surface area contributed by atoms with Gasteiger partial charge in [-0.25, -0.2) is 0 Å². The first-order chi connectivity index (χ1) is 27.0. The summed E-state index contributed by atoms with van der Waals surface area (Å²) in [5, 5.41) is 0. The molecule has 0 aromatic heterocycles. The van der Waals surface area contributed by atoms with Crippen LogP contribution in [0.4, 0.5) is 0 Å². The fourth-order valence-corrected chi connectivity index (χ4v) is 5.80. The summed E-state index contributed by atoms with van der Waals surface area (Å²) in [4.78, 5) is 37.5. The Morgan fingerprint density at radius 1 is 0.571 bits per heavy atom. The summed E-state index contributed by atoms with van der Waals surface area (Å²) in [5.41, 5.74) is 0. The maximum Gasteiger partial charge on any atom is 0.306 e. The molecule has 0 rings (SSSR count). The minimum atomic E-state index is -4.65. The highest BCUT2D eigenvalue weighted by Crippen LogP contribution is 2.38. The van der Waals surface area contributed by atoms with E-state index in [9.17, 15) is 19.0 Å². The third kappa shape index (κ3) is 40.8. The lowest BCUT2D eigenvalue weighted by Gasteiger charge is -2.28. The summed E-state index contributed by atoms with van der Waals surface area (Å²) in [5.74, 6) is -0.930. The Labute approximate surface area is 341 Å². The Morgan fingerprint density at radius 2 is 1.04 bits per heavy atom. The van der Waals surface area contributed by atoms with Gasteiger partial charge in [0.2, 0.25) is 0 Å². The molecule has 0 radical (unpaired) electrons. The summed E-state index contributed by atoms with van der Waals surface area (Å²) in [6, 6.07) is 0. The van der Waals surface area contributed by atoms with Crippen molar-refractivity contribution in [1.82, 2.24) is 0 Å². The van der Waals surface area contributed by atoms with E-state index >= 15 is 0 Å². The fourth-order valence-electron chi connectivity index (χ4n) is 5.07. The third-order valence-corrected chi connectivity index (χ3v) is 9.36. The van der Waals surface area contributed by atoms with Crippen LogP contribution < -0.4 is 4.89 Å². The van der Waals surface area contributed by atoms with E-state index in [1.807, 2.05) is 27.2 Å². The molecule has 320 valence electrons. The maximum atomic E-state index is 12.6. The van der Waals surface area contributed by atoms with Gasteiger partial charge in [-0.1, -0.05) is 131 Å². The highest BCUT2D eigenvalue weighted by molar-refractivity contribution is 7.45. The quantitative estimate of drug-likeness (QED) is 0.0201. The number of rotatable bonds is 37. The molecule has 10 heteroatoms. The number of ether oxygens (including phenoxy) is 2. The number of phosphoric ester groups is 1. The van der Waals surface area contributed by atoms with Crippen molar-refractivity contribution in [2.24, 2.45) is 0 Å². The fraction of sp³-hybridized carbons (Fsp3) is 0.652. The SMILES string of the molecule is CC/C=C\C/C=C\C/C=C\CCCCCCCC(=O)OC[C@H](COP(=O)([O-])OCC[N+](C)(C)C)OC(=O)CCC/C=C\C/C=C\C/C=C\C/C=C\CCCCC. The number of phosphoric acid groups is 1. The van der Waals surface area contributed by atoms with Crippen LogP contribution in [0.2, 0.25) is 0 Å². The number of hydrogen-bond acceptors (Lipinski definition) is 8. The van der Waals surface area contributed by atoms with Crippen molar-refractivity contribution in [2.75, 3.05) is 47.5 Å². The zero-order valence-corrected chi connectivity index (χ0v) is 36.7. The van der Waals surface area contributed by atoms with Gasteiger partial charge in [0.05, 0.1) is 27.7 Å². The monoisotopic (exact) mass is 804 g/mol. The third-order valence-electron chi connectivity index (χ3n) is 8.40. The number of unbranched alkanes of at least 4 members (excludes halogenated alkanes) is 9. The van der Waals surface area contributed by atoms with Gasteiger partial charge in [0.1, 0.15) is 19.8 Å². The molecule has 0 heterocycles.